The van der Waals surface area contributed by atoms with Crippen molar-refractivity contribution in [1.29, 1.82) is 0 Å². The second kappa shape index (κ2) is 11.8. The number of hydrogen-bond acceptors (Lipinski definition) is 3. The Balaban J connectivity index is 0.00000300. The summed E-state index contributed by atoms with van der Waals surface area (Å²) in [6, 6.07) is 18.3. The highest BCUT2D eigenvalue weighted by atomic mass is 127. The average Bonchev–Trinajstić information content (AvgIpc) is 3.26. The van der Waals surface area contributed by atoms with Crippen LogP contribution in [0.5, 0.6) is 0 Å². The normalized spacial score (nSPS) is 15.4. The Morgan fingerprint density at radius 3 is 2.31 bits per heavy atom. The SMILES string of the molecule is CN=C(NCc1ccc(C(N)=O)cc1)NCC(c1ccccc1)N1CCCC1.I. The van der Waals surface area contributed by atoms with Gasteiger partial charge in [-0.15, -0.1) is 24.0 Å². The lowest BCUT2D eigenvalue weighted by atomic mass is 10.1. The molecule has 6 nitrogen and oxygen atoms in total. The van der Waals surface area contributed by atoms with E-state index in [2.05, 4.69) is 50.9 Å². The van der Waals surface area contributed by atoms with Gasteiger partial charge in [-0.25, -0.2) is 0 Å². The van der Waals surface area contributed by atoms with Crippen LogP contribution in [0.3, 0.4) is 0 Å². The van der Waals surface area contributed by atoms with E-state index in [1.807, 2.05) is 12.1 Å². The van der Waals surface area contributed by atoms with E-state index >= 15 is 0 Å². The molecular formula is C22H30IN5O. The number of hydrogen-bond donors (Lipinski definition) is 3. The second-order valence-corrected chi connectivity index (χ2v) is 7.04. The van der Waals surface area contributed by atoms with Crippen LogP contribution in [0.4, 0.5) is 0 Å². The largest absolute Gasteiger partial charge is 0.366 e. The van der Waals surface area contributed by atoms with Crippen molar-refractivity contribution in [3.05, 3.63) is 71.3 Å². The molecule has 1 amide bonds. The molecule has 3 rings (SSSR count). The van der Waals surface area contributed by atoms with Gasteiger partial charge in [0.2, 0.25) is 5.91 Å². The van der Waals surface area contributed by atoms with Gasteiger partial charge >= 0.3 is 0 Å². The Hall–Kier alpha value is -2.13. The Labute approximate surface area is 190 Å². The van der Waals surface area contributed by atoms with Crippen LogP contribution in [0.1, 0.15) is 40.4 Å². The molecule has 0 radical (unpaired) electrons. The lowest BCUT2D eigenvalue weighted by molar-refractivity contribution is 0.100. The van der Waals surface area contributed by atoms with Gasteiger partial charge in [-0.3, -0.25) is 14.7 Å². The minimum absolute atomic E-state index is 0. The third-order valence-electron chi connectivity index (χ3n) is 5.15. The summed E-state index contributed by atoms with van der Waals surface area (Å²) in [4.78, 5) is 18.1. The van der Waals surface area contributed by atoms with Crippen molar-refractivity contribution in [1.82, 2.24) is 15.5 Å². The lowest BCUT2D eigenvalue weighted by Gasteiger charge is -2.29. The molecule has 1 heterocycles. The number of amides is 1. The monoisotopic (exact) mass is 507 g/mol. The van der Waals surface area contributed by atoms with Crippen LogP contribution in [0, 0.1) is 0 Å². The number of benzene rings is 2. The second-order valence-electron chi connectivity index (χ2n) is 7.04. The molecule has 156 valence electrons. The number of carbonyl (C=O) groups excluding carboxylic acids is 1. The number of aliphatic imine (C=N–C) groups is 1. The average molecular weight is 507 g/mol. The summed E-state index contributed by atoms with van der Waals surface area (Å²) in [5.74, 6) is 0.352. The van der Waals surface area contributed by atoms with E-state index in [1.165, 1.54) is 18.4 Å². The molecule has 1 saturated heterocycles. The molecule has 29 heavy (non-hydrogen) atoms. The van der Waals surface area contributed by atoms with E-state index in [0.717, 1.165) is 31.2 Å². The van der Waals surface area contributed by atoms with E-state index < -0.39 is 5.91 Å². The minimum Gasteiger partial charge on any atom is -0.366 e. The van der Waals surface area contributed by atoms with Gasteiger partial charge in [0.1, 0.15) is 0 Å². The van der Waals surface area contributed by atoms with Crippen LogP contribution in [0.2, 0.25) is 0 Å². The fourth-order valence-electron chi connectivity index (χ4n) is 3.57. The number of guanidine groups is 1. The van der Waals surface area contributed by atoms with Gasteiger partial charge in [0.25, 0.3) is 0 Å². The maximum absolute atomic E-state index is 11.2. The number of halogens is 1. The highest BCUT2D eigenvalue weighted by Crippen LogP contribution is 2.24. The van der Waals surface area contributed by atoms with Crippen LogP contribution in [-0.2, 0) is 6.54 Å². The van der Waals surface area contributed by atoms with Gasteiger partial charge in [-0.1, -0.05) is 42.5 Å². The van der Waals surface area contributed by atoms with Crippen molar-refractivity contribution in [3.8, 4) is 0 Å². The Morgan fingerprint density at radius 1 is 1.07 bits per heavy atom. The third-order valence-corrected chi connectivity index (χ3v) is 5.15. The molecule has 1 unspecified atom stereocenters. The molecule has 0 aliphatic carbocycles. The standard InChI is InChI=1S/C22H29N5O.HI/c1-24-22(25-15-17-9-11-19(12-10-17)21(23)28)26-16-20(27-13-5-6-14-27)18-7-3-2-4-8-18;/h2-4,7-12,20H,5-6,13-16H2,1H3,(H2,23,28)(H2,24,25,26);1H. The van der Waals surface area contributed by atoms with Crippen molar-refractivity contribution in [2.24, 2.45) is 10.7 Å². The number of rotatable bonds is 7. The number of nitrogens with zero attached hydrogens (tertiary/aromatic N) is 2. The quantitative estimate of drug-likeness (QED) is 0.306. The maximum Gasteiger partial charge on any atom is 0.248 e. The number of nitrogens with two attached hydrogens (primary N) is 1. The number of nitrogens with one attached hydrogen (secondary N) is 2. The molecule has 7 heteroatoms. The van der Waals surface area contributed by atoms with Crippen LogP contribution in [0.25, 0.3) is 0 Å². The predicted molar refractivity (Wildman–Crippen MR) is 129 cm³/mol. The van der Waals surface area contributed by atoms with Gasteiger partial charge in [0.05, 0.1) is 6.04 Å². The predicted octanol–water partition coefficient (Wildman–Crippen LogP) is 2.91. The van der Waals surface area contributed by atoms with Gasteiger partial charge in [-0.05, 0) is 49.2 Å². The zero-order chi connectivity index (χ0) is 19.8. The molecule has 1 aliphatic heterocycles. The first kappa shape index (κ1) is 23.2. The Morgan fingerprint density at radius 2 is 1.72 bits per heavy atom. The molecule has 0 aromatic heterocycles. The highest BCUT2D eigenvalue weighted by Gasteiger charge is 2.23. The summed E-state index contributed by atoms with van der Waals surface area (Å²) < 4.78 is 0. The van der Waals surface area contributed by atoms with Crippen molar-refractivity contribution in [2.75, 3.05) is 26.7 Å². The zero-order valence-corrected chi connectivity index (χ0v) is 19.1. The van der Waals surface area contributed by atoms with Crippen LogP contribution in [-0.4, -0.2) is 43.4 Å². The van der Waals surface area contributed by atoms with E-state index in [-0.39, 0.29) is 24.0 Å². The highest BCUT2D eigenvalue weighted by molar-refractivity contribution is 14.0. The minimum atomic E-state index is -0.411. The van der Waals surface area contributed by atoms with Gasteiger partial charge < -0.3 is 16.4 Å². The molecular weight excluding hydrogens is 477 g/mol. The lowest BCUT2D eigenvalue weighted by Crippen LogP contribution is -2.42. The first-order valence-corrected chi connectivity index (χ1v) is 9.79. The van der Waals surface area contributed by atoms with Gasteiger partial charge in [-0.2, -0.15) is 0 Å². The number of likely N-dealkylation sites (tertiary alicyclic amines) is 1. The van der Waals surface area contributed by atoms with Crippen molar-refractivity contribution >= 4 is 35.8 Å². The fourth-order valence-corrected chi connectivity index (χ4v) is 3.57. The van der Waals surface area contributed by atoms with Crippen molar-refractivity contribution < 1.29 is 4.79 Å². The first-order chi connectivity index (χ1) is 13.7. The molecule has 1 atom stereocenters. The summed E-state index contributed by atoms with van der Waals surface area (Å²) >= 11 is 0. The molecule has 2 aromatic carbocycles. The van der Waals surface area contributed by atoms with Gasteiger partial charge in [0, 0.05) is 25.7 Å². The van der Waals surface area contributed by atoms with Gasteiger partial charge in [0.15, 0.2) is 5.96 Å². The Bertz CT molecular complexity index is 789. The molecule has 0 bridgehead atoms. The van der Waals surface area contributed by atoms with E-state index in [4.69, 9.17) is 5.73 Å². The smallest absolute Gasteiger partial charge is 0.248 e. The summed E-state index contributed by atoms with van der Waals surface area (Å²) in [5, 5.41) is 6.80. The van der Waals surface area contributed by atoms with E-state index in [1.54, 1.807) is 19.2 Å². The van der Waals surface area contributed by atoms with Crippen LogP contribution < -0.4 is 16.4 Å². The van der Waals surface area contributed by atoms with E-state index in [0.29, 0.717) is 18.2 Å². The van der Waals surface area contributed by atoms with E-state index in [9.17, 15) is 4.79 Å². The van der Waals surface area contributed by atoms with Crippen LogP contribution >= 0.6 is 24.0 Å². The molecule has 2 aromatic rings. The summed E-state index contributed by atoms with van der Waals surface area (Å²) in [6.07, 6.45) is 2.52. The topological polar surface area (TPSA) is 82.7 Å². The first-order valence-electron chi connectivity index (χ1n) is 9.79. The molecule has 0 saturated carbocycles. The van der Waals surface area contributed by atoms with Crippen molar-refractivity contribution in [2.45, 2.75) is 25.4 Å². The zero-order valence-electron chi connectivity index (χ0n) is 16.8. The molecule has 4 N–H and O–H groups in total. The fraction of sp³-hybridized carbons (Fsp3) is 0.364. The summed E-state index contributed by atoms with van der Waals surface area (Å²) in [6.45, 7) is 3.70. The van der Waals surface area contributed by atoms with Crippen molar-refractivity contribution in [3.63, 3.8) is 0 Å². The summed E-state index contributed by atoms with van der Waals surface area (Å²) in [5.41, 5.74) is 8.19. The molecule has 1 aliphatic rings. The maximum atomic E-state index is 11.2. The summed E-state index contributed by atoms with van der Waals surface area (Å²) in [7, 11) is 1.78. The number of primary amides is 1. The molecule has 0 spiro atoms. The third kappa shape index (κ3) is 6.71. The number of carbonyl (C=O) groups is 1. The van der Waals surface area contributed by atoms with Crippen LogP contribution in [0.15, 0.2) is 59.6 Å². The molecule has 1 fully saturated rings. The Kier molecular flexibility index (Phi) is 9.40.